The van der Waals surface area contributed by atoms with Crippen molar-refractivity contribution in [2.24, 2.45) is 0 Å². The monoisotopic (exact) mass is 362 g/mol. The first-order chi connectivity index (χ1) is 12.2. The fourth-order valence-electron chi connectivity index (χ4n) is 3.57. The molecule has 1 atom stereocenters. The lowest BCUT2D eigenvalue weighted by Gasteiger charge is -2.38. The van der Waals surface area contributed by atoms with Crippen LogP contribution in [0.25, 0.3) is 0 Å². The molecule has 1 amide bonds. The third-order valence-corrected chi connectivity index (χ3v) is 5.31. The van der Waals surface area contributed by atoms with E-state index < -0.39 is 0 Å². The molecule has 1 unspecified atom stereocenters. The van der Waals surface area contributed by atoms with Gasteiger partial charge in [0.25, 0.3) is 0 Å². The maximum atomic E-state index is 12.1. The number of amides is 1. The highest BCUT2D eigenvalue weighted by Gasteiger charge is 2.39. The molecule has 7 heteroatoms. The van der Waals surface area contributed by atoms with E-state index in [0.29, 0.717) is 6.61 Å². The van der Waals surface area contributed by atoms with E-state index in [1.165, 1.54) is 0 Å². The molecule has 0 bridgehead atoms. The molecule has 0 aliphatic carbocycles. The van der Waals surface area contributed by atoms with Crippen LogP contribution in [0.4, 0.5) is 10.5 Å². The predicted molar refractivity (Wildman–Crippen MR) is 102 cm³/mol. The molecule has 1 aromatic heterocycles. The molecule has 2 saturated heterocycles. The van der Waals surface area contributed by atoms with E-state index in [2.05, 4.69) is 22.1 Å². The van der Waals surface area contributed by atoms with E-state index >= 15 is 0 Å². The Morgan fingerprint density at radius 1 is 1.44 bits per heavy atom. The van der Waals surface area contributed by atoms with E-state index in [1.807, 2.05) is 17.0 Å². The van der Waals surface area contributed by atoms with Gasteiger partial charge >= 0.3 is 6.09 Å². The van der Waals surface area contributed by atoms with Gasteiger partial charge in [0.15, 0.2) is 5.11 Å². The summed E-state index contributed by atoms with van der Waals surface area (Å²) in [6, 6.07) is 4.33. The Kier molecular flexibility index (Phi) is 6.07. The average Bonchev–Trinajstić information content (AvgIpc) is 3.01. The fourth-order valence-corrected chi connectivity index (χ4v) is 3.87. The Morgan fingerprint density at radius 2 is 2.24 bits per heavy atom. The van der Waals surface area contributed by atoms with Gasteiger partial charge in [0.2, 0.25) is 0 Å². The number of unbranched alkanes of at least 4 members (excludes halogenated alkanes) is 1. The van der Waals surface area contributed by atoms with Gasteiger partial charge in [0, 0.05) is 25.3 Å². The van der Waals surface area contributed by atoms with Crippen molar-refractivity contribution in [1.29, 1.82) is 0 Å². The molecular formula is C18H26N4O2S. The Hall–Kier alpha value is -1.89. The third-order valence-electron chi connectivity index (χ3n) is 4.95. The minimum Gasteiger partial charge on any atom is -0.447 e. The fraction of sp³-hybridized carbons (Fsp3) is 0.611. The zero-order valence-electron chi connectivity index (χ0n) is 14.7. The second kappa shape index (κ2) is 8.47. The maximum absolute atomic E-state index is 12.1. The standard InChI is InChI=1S/C18H26N4O2S/c1-2-3-6-16-13-24-18(23)22(16)15-7-10-21(11-8-15)17(25)20-14-5-4-9-19-12-14/h4-5,9,12,15-16H,2-3,6-8,10-11,13H2,1H3,(H,20,25). The number of thiocarbonyl (C=S) groups is 1. The van der Waals surface area contributed by atoms with Crippen molar-refractivity contribution in [2.75, 3.05) is 25.0 Å². The van der Waals surface area contributed by atoms with Gasteiger partial charge in [-0.3, -0.25) is 9.88 Å². The summed E-state index contributed by atoms with van der Waals surface area (Å²) in [6.45, 7) is 4.42. The highest BCUT2D eigenvalue weighted by Crippen LogP contribution is 2.26. The molecule has 6 nitrogen and oxygen atoms in total. The number of carbonyl (C=O) groups excluding carboxylic acids is 1. The number of anilines is 1. The van der Waals surface area contributed by atoms with Crippen molar-refractivity contribution in [1.82, 2.24) is 14.8 Å². The number of nitrogens with zero attached hydrogens (tertiary/aromatic N) is 3. The number of hydrogen-bond acceptors (Lipinski definition) is 4. The van der Waals surface area contributed by atoms with Crippen molar-refractivity contribution >= 4 is 29.1 Å². The number of rotatable bonds is 5. The minimum absolute atomic E-state index is 0.143. The highest BCUT2D eigenvalue weighted by molar-refractivity contribution is 7.80. The van der Waals surface area contributed by atoms with Crippen LogP contribution in [0.1, 0.15) is 39.0 Å². The molecule has 0 spiro atoms. The van der Waals surface area contributed by atoms with E-state index in [-0.39, 0.29) is 18.2 Å². The molecule has 2 fully saturated rings. The van der Waals surface area contributed by atoms with Gasteiger partial charge in [-0.05, 0) is 43.6 Å². The minimum atomic E-state index is -0.143. The second-order valence-electron chi connectivity index (χ2n) is 6.67. The smallest absolute Gasteiger partial charge is 0.410 e. The third kappa shape index (κ3) is 4.39. The molecule has 2 aliphatic rings. The molecule has 0 radical (unpaired) electrons. The molecular weight excluding hydrogens is 336 g/mol. The second-order valence-corrected chi connectivity index (χ2v) is 7.06. The van der Waals surface area contributed by atoms with Crippen LogP contribution in [-0.2, 0) is 4.74 Å². The van der Waals surface area contributed by atoms with Gasteiger partial charge < -0.3 is 15.0 Å². The first kappa shape index (κ1) is 17.9. The van der Waals surface area contributed by atoms with Gasteiger partial charge in [0.1, 0.15) is 6.61 Å². The predicted octanol–water partition coefficient (Wildman–Crippen LogP) is 3.25. The summed E-state index contributed by atoms with van der Waals surface area (Å²) < 4.78 is 5.31. The summed E-state index contributed by atoms with van der Waals surface area (Å²) in [4.78, 5) is 20.4. The first-order valence-corrected chi connectivity index (χ1v) is 9.51. The highest BCUT2D eigenvalue weighted by atomic mass is 32.1. The molecule has 2 aliphatic heterocycles. The van der Waals surface area contributed by atoms with Gasteiger partial charge in [-0.25, -0.2) is 4.79 Å². The van der Waals surface area contributed by atoms with E-state index in [1.54, 1.807) is 12.4 Å². The number of piperidine rings is 1. The number of pyridine rings is 1. The first-order valence-electron chi connectivity index (χ1n) is 9.10. The lowest BCUT2D eigenvalue weighted by Crippen LogP contribution is -2.50. The van der Waals surface area contributed by atoms with Crippen molar-refractivity contribution in [3.8, 4) is 0 Å². The zero-order valence-corrected chi connectivity index (χ0v) is 15.5. The number of carbonyl (C=O) groups is 1. The molecule has 1 N–H and O–H groups in total. The normalized spacial score (nSPS) is 21.3. The van der Waals surface area contributed by atoms with Crippen LogP contribution in [-0.4, -0.2) is 57.8 Å². The van der Waals surface area contributed by atoms with Crippen molar-refractivity contribution in [3.05, 3.63) is 24.5 Å². The number of likely N-dealkylation sites (tertiary alicyclic amines) is 1. The van der Waals surface area contributed by atoms with E-state index in [4.69, 9.17) is 17.0 Å². The lowest BCUT2D eigenvalue weighted by atomic mass is 10.0. The van der Waals surface area contributed by atoms with Crippen LogP contribution in [0, 0.1) is 0 Å². The number of cyclic esters (lactones) is 1. The van der Waals surface area contributed by atoms with Crippen LogP contribution in [0.15, 0.2) is 24.5 Å². The Morgan fingerprint density at radius 3 is 2.92 bits per heavy atom. The summed E-state index contributed by atoms with van der Waals surface area (Å²) in [6.07, 6.45) is 8.51. The van der Waals surface area contributed by atoms with Crippen molar-refractivity contribution < 1.29 is 9.53 Å². The molecule has 136 valence electrons. The van der Waals surface area contributed by atoms with Crippen molar-refractivity contribution in [2.45, 2.75) is 51.1 Å². The maximum Gasteiger partial charge on any atom is 0.410 e. The molecule has 3 rings (SSSR count). The summed E-state index contributed by atoms with van der Waals surface area (Å²) in [5.41, 5.74) is 0.900. The van der Waals surface area contributed by atoms with Crippen molar-refractivity contribution in [3.63, 3.8) is 0 Å². The van der Waals surface area contributed by atoms with Crippen LogP contribution < -0.4 is 5.32 Å². The van der Waals surface area contributed by atoms with Gasteiger partial charge in [-0.1, -0.05) is 19.8 Å². The SMILES string of the molecule is CCCCC1COC(=O)N1C1CCN(C(=S)Nc2cccnc2)CC1. The number of nitrogens with one attached hydrogen (secondary N) is 1. The molecule has 0 saturated carbocycles. The van der Waals surface area contributed by atoms with Gasteiger partial charge in [0.05, 0.1) is 17.9 Å². The van der Waals surface area contributed by atoms with Crippen LogP contribution in [0.2, 0.25) is 0 Å². The number of hydrogen-bond donors (Lipinski definition) is 1. The number of ether oxygens (including phenoxy) is 1. The number of aromatic nitrogens is 1. The summed E-state index contributed by atoms with van der Waals surface area (Å²) in [5.74, 6) is 0. The molecule has 1 aromatic rings. The van der Waals surface area contributed by atoms with Crippen LogP contribution >= 0.6 is 12.2 Å². The largest absolute Gasteiger partial charge is 0.447 e. The summed E-state index contributed by atoms with van der Waals surface area (Å²) >= 11 is 5.51. The Bertz CT molecular complexity index is 590. The van der Waals surface area contributed by atoms with E-state index in [0.717, 1.165) is 56.0 Å². The molecule has 0 aromatic carbocycles. The quantitative estimate of drug-likeness (QED) is 0.812. The van der Waals surface area contributed by atoms with Gasteiger partial charge in [-0.2, -0.15) is 0 Å². The lowest BCUT2D eigenvalue weighted by molar-refractivity contribution is 0.122. The van der Waals surface area contributed by atoms with Crippen LogP contribution in [0.3, 0.4) is 0 Å². The Balaban J connectivity index is 1.52. The van der Waals surface area contributed by atoms with Gasteiger partial charge in [-0.15, -0.1) is 0 Å². The zero-order chi connectivity index (χ0) is 17.6. The Labute approximate surface area is 154 Å². The summed E-state index contributed by atoms with van der Waals surface area (Å²) in [5, 5.41) is 3.95. The van der Waals surface area contributed by atoms with E-state index in [9.17, 15) is 4.79 Å². The summed E-state index contributed by atoms with van der Waals surface area (Å²) in [7, 11) is 0. The molecule has 25 heavy (non-hydrogen) atoms. The van der Waals surface area contributed by atoms with Crippen LogP contribution in [0.5, 0.6) is 0 Å². The molecule has 3 heterocycles. The average molecular weight is 362 g/mol. The topological polar surface area (TPSA) is 57.7 Å².